The molecule has 2 rings (SSSR count). The van der Waals surface area contributed by atoms with Gasteiger partial charge < -0.3 is 19.6 Å². The van der Waals surface area contributed by atoms with E-state index in [0.29, 0.717) is 32.0 Å². The van der Waals surface area contributed by atoms with Crippen LogP contribution < -0.4 is 0 Å². The molecule has 2 fully saturated rings. The molecule has 2 unspecified atom stereocenters. The average molecular weight is 316 g/mol. The van der Waals surface area contributed by atoms with Crippen molar-refractivity contribution in [2.45, 2.75) is 12.5 Å². The molecule has 2 aliphatic heterocycles. The molecule has 2 saturated heterocycles. The van der Waals surface area contributed by atoms with Crippen LogP contribution in [0.2, 0.25) is 0 Å². The number of thioether (sulfide) groups is 1. The topological polar surface area (TPSA) is 87.2 Å². The Morgan fingerprint density at radius 3 is 2.90 bits per heavy atom. The number of hydrogen-bond donors (Lipinski definition) is 1. The normalized spacial score (nSPS) is 26.2. The summed E-state index contributed by atoms with van der Waals surface area (Å²) in [6.07, 6.45) is 0.165. The van der Waals surface area contributed by atoms with E-state index in [9.17, 15) is 19.5 Å². The van der Waals surface area contributed by atoms with E-state index in [4.69, 9.17) is 4.74 Å². The maximum Gasteiger partial charge on any atom is 0.327 e. The van der Waals surface area contributed by atoms with Gasteiger partial charge >= 0.3 is 5.97 Å². The van der Waals surface area contributed by atoms with Gasteiger partial charge in [-0.2, -0.15) is 11.8 Å². The Balaban J connectivity index is 1.99. The first-order chi connectivity index (χ1) is 10.0. The lowest BCUT2D eigenvalue weighted by atomic mass is 10.1. The molecule has 0 spiro atoms. The zero-order valence-corrected chi connectivity index (χ0v) is 12.8. The second-order valence-corrected chi connectivity index (χ2v) is 6.34. The lowest BCUT2D eigenvalue weighted by Crippen LogP contribution is -2.52. The molecule has 8 heteroatoms. The van der Waals surface area contributed by atoms with Crippen molar-refractivity contribution in [1.29, 1.82) is 0 Å². The lowest BCUT2D eigenvalue weighted by Gasteiger charge is -2.34. The second kappa shape index (κ2) is 7.13. The van der Waals surface area contributed by atoms with Crippen molar-refractivity contribution in [2.24, 2.45) is 5.92 Å². The summed E-state index contributed by atoms with van der Waals surface area (Å²) in [5, 5.41) is 9.22. The number of methoxy groups -OCH3 is 1. The van der Waals surface area contributed by atoms with Crippen LogP contribution in [0.3, 0.4) is 0 Å². The second-order valence-electron chi connectivity index (χ2n) is 5.19. The lowest BCUT2D eigenvalue weighted by molar-refractivity contribution is -0.150. The molecule has 0 saturated carbocycles. The molecule has 2 aliphatic rings. The average Bonchev–Trinajstić information content (AvgIpc) is 2.85. The number of amides is 2. The van der Waals surface area contributed by atoms with Gasteiger partial charge in [-0.05, 0) is 0 Å². The highest BCUT2D eigenvalue weighted by Crippen LogP contribution is 2.24. The van der Waals surface area contributed by atoms with Crippen molar-refractivity contribution in [3.63, 3.8) is 0 Å². The van der Waals surface area contributed by atoms with Crippen LogP contribution in [0.5, 0.6) is 0 Å². The molecule has 0 bridgehead atoms. The highest BCUT2D eigenvalue weighted by Gasteiger charge is 2.40. The van der Waals surface area contributed by atoms with Crippen molar-refractivity contribution < 1.29 is 24.2 Å². The standard InChI is InChI=1S/C13H20N2O5S/c1-20-4-2-14-7-9(6-11(14)16)12(17)15-3-5-21-8-10(15)13(18)19/h9-10H,2-8H2,1H3,(H,18,19). The van der Waals surface area contributed by atoms with Gasteiger partial charge in [0.1, 0.15) is 6.04 Å². The Labute approximate surface area is 127 Å². The van der Waals surface area contributed by atoms with Gasteiger partial charge in [0.05, 0.1) is 12.5 Å². The first kappa shape index (κ1) is 16.1. The third kappa shape index (κ3) is 3.68. The van der Waals surface area contributed by atoms with Gasteiger partial charge in [0.15, 0.2) is 0 Å². The number of rotatable bonds is 5. The monoisotopic (exact) mass is 316 g/mol. The summed E-state index contributed by atoms with van der Waals surface area (Å²) in [6.45, 7) is 1.70. The minimum atomic E-state index is -0.976. The van der Waals surface area contributed by atoms with Crippen LogP contribution in [0, 0.1) is 5.92 Å². The van der Waals surface area contributed by atoms with Crippen LogP contribution in [0.4, 0.5) is 0 Å². The van der Waals surface area contributed by atoms with Crippen molar-refractivity contribution in [3.8, 4) is 0 Å². The number of carboxylic acid groups (broad SMARTS) is 1. The fraction of sp³-hybridized carbons (Fsp3) is 0.769. The van der Waals surface area contributed by atoms with Crippen LogP contribution in [-0.2, 0) is 19.1 Å². The smallest absolute Gasteiger partial charge is 0.327 e. The molecule has 0 aromatic rings. The van der Waals surface area contributed by atoms with Gasteiger partial charge in [-0.15, -0.1) is 0 Å². The molecule has 118 valence electrons. The largest absolute Gasteiger partial charge is 0.480 e. The van der Waals surface area contributed by atoms with Crippen LogP contribution in [0.15, 0.2) is 0 Å². The summed E-state index contributed by atoms with van der Waals surface area (Å²) in [4.78, 5) is 38.7. The third-order valence-electron chi connectivity index (χ3n) is 3.83. The van der Waals surface area contributed by atoms with Gasteiger partial charge in [-0.3, -0.25) is 9.59 Å². The van der Waals surface area contributed by atoms with Gasteiger partial charge in [0, 0.05) is 44.7 Å². The third-order valence-corrected chi connectivity index (χ3v) is 4.85. The summed E-state index contributed by atoms with van der Waals surface area (Å²) in [7, 11) is 1.56. The Hall–Kier alpha value is -1.28. The number of aliphatic carboxylic acids is 1. The van der Waals surface area contributed by atoms with E-state index < -0.39 is 17.9 Å². The van der Waals surface area contributed by atoms with E-state index in [2.05, 4.69) is 0 Å². The molecule has 21 heavy (non-hydrogen) atoms. The zero-order chi connectivity index (χ0) is 15.4. The molecule has 2 atom stereocenters. The number of hydrogen-bond acceptors (Lipinski definition) is 5. The Bertz CT molecular complexity index is 431. The summed E-state index contributed by atoms with van der Waals surface area (Å²) >= 11 is 1.54. The Kier molecular flexibility index (Phi) is 5.46. The molecule has 2 amide bonds. The molecular weight excluding hydrogens is 296 g/mol. The van der Waals surface area contributed by atoms with E-state index in [1.807, 2.05) is 0 Å². The fourth-order valence-electron chi connectivity index (χ4n) is 2.66. The maximum absolute atomic E-state index is 12.5. The number of carbonyl (C=O) groups excluding carboxylic acids is 2. The van der Waals surface area contributed by atoms with E-state index in [0.717, 1.165) is 5.75 Å². The highest BCUT2D eigenvalue weighted by molar-refractivity contribution is 7.99. The molecule has 7 nitrogen and oxygen atoms in total. The van der Waals surface area contributed by atoms with Crippen molar-refractivity contribution >= 4 is 29.5 Å². The predicted octanol–water partition coefficient (Wildman–Crippen LogP) is -0.490. The minimum Gasteiger partial charge on any atom is -0.480 e. The summed E-state index contributed by atoms with van der Waals surface area (Å²) < 4.78 is 4.94. The van der Waals surface area contributed by atoms with E-state index in [1.54, 1.807) is 12.0 Å². The molecule has 0 radical (unpaired) electrons. The first-order valence-corrected chi connectivity index (χ1v) is 8.07. The number of carboxylic acids is 1. The van der Waals surface area contributed by atoms with Gasteiger partial charge in [0.2, 0.25) is 11.8 Å². The van der Waals surface area contributed by atoms with Crippen LogP contribution >= 0.6 is 11.8 Å². The van der Waals surface area contributed by atoms with Gasteiger partial charge in [-0.25, -0.2) is 4.79 Å². The highest BCUT2D eigenvalue weighted by atomic mass is 32.2. The number of likely N-dealkylation sites (tertiary alicyclic amines) is 1. The number of nitrogens with zero attached hydrogens (tertiary/aromatic N) is 2. The van der Waals surface area contributed by atoms with Gasteiger partial charge in [-0.1, -0.05) is 0 Å². The van der Waals surface area contributed by atoms with Crippen LogP contribution in [0.25, 0.3) is 0 Å². The number of carbonyl (C=O) groups is 3. The fourth-order valence-corrected chi connectivity index (χ4v) is 3.70. The molecular formula is C13H20N2O5S. The molecule has 0 aromatic carbocycles. The van der Waals surface area contributed by atoms with Crippen LogP contribution in [-0.4, -0.2) is 83.6 Å². The van der Waals surface area contributed by atoms with Crippen molar-refractivity contribution in [1.82, 2.24) is 9.80 Å². The SMILES string of the molecule is COCCN1CC(C(=O)N2CCSCC2C(=O)O)CC1=O. The van der Waals surface area contributed by atoms with Gasteiger partial charge in [0.25, 0.3) is 0 Å². The minimum absolute atomic E-state index is 0.0661. The van der Waals surface area contributed by atoms with E-state index in [1.165, 1.54) is 16.7 Å². The van der Waals surface area contributed by atoms with Crippen molar-refractivity contribution in [2.75, 3.05) is 44.9 Å². The molecule has 2 heterocycles. The van der Waals surface area contributed by atoms with E-state index >= 15 is 0 Å². The quantitative estimate of drug-likeness (QED) is 0.736. The molecule has 0 aromatic heterocycles. The Morgan fingerprint density at radius 1 is 1.48 bits per heavy atom. The summed E-state index contributed by atoms with van der Waals surface area (Å²) in [5.41, 5.74) is 0. The van der Waals surface area contributed by atoms with E-state index in [-0.39, 0.29) is 18.2 Å². The molecule has 1 N–H and O–H groups in total. The predicted molar refractivity (Wildman–Crippen MR) is 77.0 cm³/mol. The number of ether oxygens (including phenoxy) is 1. The summed E-state index contributed by atoms with van der Waals surface area (Å²) in [6, 6.07) is -0.778. The van der Waals surface area contributed by atoms with Crippen molar-refractivity contribution in [3.05, 3.63) is 0 Å². The molecule has 0 aliphatic carbocycles. The zero-order valence-electron chi connectivity index (χ0n) is 12.0. The Morgan fingerprint density at radius 2 is 2.24 bits per heavy atom. The maximum atomic E-state index is 12.5. The summed E-state index contributed by atoms with van der Waals surface area (Å²) in [5.74, 6) is -0.534. The first-order valence-electron chi connectivity index (χ1n) is 6.92. The van der Waals surface area contributed by atoms with Crippen LogP contribution in [0.1, 0.15) is 6.42 Å².